The number of esters is 1. The van der Waals surface area contributed by atoms with E-state index in [1.165, 1.54) is 5.56 Å². The van der Waals surface area contributed by atoms with Gasteiger partial charge in [-0.25, -0.2) is 14.8 Å². The molecule has 1 aliphatic rings. The number of carbonyl (C=O) groups is 2. The van der Waals surface area contributed by atoms with E-state index in [9.17, 15) is 9.59 Å². The second-order valence-electron chi connectivity index (χ2n) is 8.57. The van der Waals surface area contributed by atoms with Crippen molar-refractivity contribution in [1.29, 1.82) is 0 Å². The molecule has 0 unspecified atom stereocenters. The molecule has 0 atom stereocenters. The van der Waals surface area contributed by atoms with E-state index >= 15 is 0 Å². The van der Waals surface area contributed by atoms with E-state index in [1.807, 2.05) is 43.3 Å². The summed E-state index contributed by atoms with van der Waals surface area (Å²) in [6.45, 7) is 3.53. The van der Waals surface area contributed by atoms with Crippen molar-refractivity contribution in [2.45, 2.75) is 39.2 Å². The molecule has 0 radical (unpaired) electrons. The minimum absolute atomic E-state index is 0.0850. The van der Waals surface area contributed by atoms with Crippen molar-refractivity contribution in [2.75, 3.05) is 22.5 Å². The highest BCUT2D eigenvalue weighted by molar-refractivity contribution is 14.1. The van der Waals surface area contributed by atoms with Gasteiger partial charge in [0.1, 0.15) is 5.01 Å². The number of anilines is 1. The van der Waals surface area contributed by atoms with Gasteiger partial charge in [-0.2, -0.15) is 0 Å². The largest absolute Gasteiger partial charge is 0.461 e. The van der Waals surface area contributed by atoms with Crippen LogP contribution in [-0.2, 0) is 30.5 Å². The Morgan fingerprint density at radius 3 is 2.78 bits per heavy atom. The standard InChI is InChI=1S/C27H26IN3O3S2/c1-2-34-26(33)25-23(11-6-13-28)36-27(30-25)31-14-12-17-7-5-8-18(19(17)16-31)21(32)15-24-29-20-9-3-4-10-22(20)35-24/h3-5,7-10H,2,6,11-16H2,1H3. The average Bonchev–Trinajstić information content (AvgIpc) is 3.50. The molecule has 36 heavy (non-hydrogen) atoms. The first kappa shape index (κ1) is 25.3. The van der Waals surface area contributed by atoms with Crippen molar-refractivity contribution < 1.29 is 14.3 Å². The fourth-order valence-electron chi connectivity index (χ4n) is 4.46. The Labute approximate surface area is 231 Å². The van der Waals surface area contributed by atoms with Crippen molar-refractivity contribution in [1.82, 2.24) is 9.97 Å². The second-order valence-corrected chi connectivity index (χ2v) is 11.8. The molecule has 186 valence electrons. The van der Waals surface area contributed by atoms with E-state index in [0.717, 1.165) is 66.6 Å². The maximum Gasteiger partial charge on any atom is 0.358 e. The molecule has 0 aliphatic carbocycles. The Kier molecular flexibility index (Phi) is 7.97. The molecule has 5 rings (SSSR count). The number of fused-ring (bicyclic) bond motifs is 2. The molecule has 0 amide bonds. The number of aromatic nitrogens is 2. The summed E-state index contributed by atoms with van der Waals surface area (Å²) in [6, 6.07) is 14.0. The SMILES string of the molecule is CCOC(=O)c1nc(N2CCc3cccc(C(=O)Cc4nc5ccccc5s4)c3C2)sc1CCCI. The summed E-state index contributed by atoms with van der Waals surface area (Å²) >= 11 is 5.50. The van der Waals surface area contributed by atoms with Crippen LogP contribution >= 0.6 is 45.3 Å². The van der Waals surface area contributed by atoms with Crippen LogP contribution in [0.5, 0.6) is 0 Å². The lowest BCUT2D eigenvalue weighted by Gasteiger charge is -2.29. The number of carbonyl (C=O) groups excluding carboxylic acids is 2. The Morgan fingerprint density at radius 1 is 1.11 bits per heavy atom. The lowest BCUT2D eigenvalue weighted by atomic mass is 9.92. The summed E-state index contributed by atoms with van der Waals surface area (Å²) in [5, 5.41) is 1.66. The average molecular weight is 632 g/mol. The van der Waals surface area contributed by atoms with Gasteiger partial charge in [0.05, 0.1) is 23.2 Å². The third kappa shape index (κ3) is 5.33. The molecule has 0 saturated carbocycles. The van der Waals surface area contributed by atoms with Crippen molar-refractivity contribution in [3.8, 4) is 0 Å². The molecule has 0 saturated heterocycles. The number of alkyl halides is 1. The molecule has 0 spiro atoms. The first-order chi connectivity index (χ1) is 17.6. The van der Waals surface area contributed by atoms with Crippen LogP contribution in [0, 0.1) is 0 Å². The van der Waals surface area contributed by atoms with E-state index in [-0.39, 0.29) is 11.8 Å². The molecule has 3 heterocycles. The molecule has 9 heteroatoms. The number of benzene rings is 2. The molecule has 0 fully saturated rings. The Bertz CT molecular complexity index is 1380. The van der Waals surface area contributed by atoms with Crippen LogP contribution in [0.2, 0.25) is 0 Å². The predicted octanol–water partition coefficient (Wildman–Crippen LogP) is 6.29. The highest BCUT2D eigenvalue weighted by Crippen LogP contribution is 2.33. The fraction of sp³-hybridized carbons (Fsp3) is 0.333. The van der Waals surface area contributed by atoms with Crippen LogP contribution in [0.15, 0.2) is 42.5 Å². The Hall–Kier alpha value is -2.37. The van der Waals surface area contributed by atoms with Crippen molar-refractivity contribution in [3.63, 3.8) is 0 Å². The molecule has 2 aromatic carbocycles. The van der Waals surface area contributed by atoms with Gasteiger partial charge in [0.2, 0.25) is 0 Å². The Balaban J connectivity index is 1.40. The van der Waals surface area contributed by atoms with Gasteiger partial charge in [-0.1, -0.05) is 52.9 Å². The summed E-state index contributed by atoms with van der Waals surface area (Å²) in [4.78, 5) is 38.5. The number of aryl methyl sites for hydroxylation is 1. The smallest absolute Gasteiger partial charge is 0.358 e. The van der Waals surface area contributed by atoms with Crippen molar-refractivity contribution >= 4 is 72.4 Å². The monoisotopic (exact) mass is 631 g/mol. The maximum atomic E-state index is 13.4. The highest BCUT2D eigenvalue weighted by atomic mass is 127. The Morgan fingerprint density at radius 2 is 1.97 bits per heavy atom. The van der Waals surface area contributed by atoms with Crippen LogP contribution in [0.25, 0.3) is 10.2 Å². The molecular formula is C27H26IN3O3S2. The van der Waals surface area contributed by atoms with E-state index in [2.05, 4.69) is 38.5 Å². The lowest BCUT2D eigenvalue weighted by Crippen LogP contribution is -2.31. The molecule has 0 N–H and O–H groups in total. The van der Waals surface area contributed by atoms with Gasteiger partial charge in [-0.15, -0.1) is 22.7 Å². The number of para-hydroxylation sites is 1. The second kappa shape index (κ2) is 11.4. The van der Waals surface area contributed by atoms with Gasteiger partial charge in [-0.05, 0) is 53.9 Å². The van der Waals surface area contributed by atoms with E-state index in [1.54, 1.807) is 22.7 Å². The van der Waals surface area contributed by atoms with Gasteiger partial charge in [-0.3, -0.25) is 4.79 Å². The summed E-state index contributed by atoms with van der Waals surface area (Å²) in [5.41, 5.74) is 4.38. The molecule has 0 bridgehead atoms. The normalized spacial score (nSPS) is 13.1. The van der Waals surface area contributed by atoms with E-state index < -0.39 is 0 Å². The number of hydrogen-bond acceptors (Lipinski definition) is 8. The molecular weight excluding hydrogens is 605 g/mol. The third-order valence-electron chi connectivity index (χ3n) is 6.19. The minimum atomic E-state index is -0.354. The zero-order valence-corrected chi connectivity index (χ0v) is 23.7. The number of ketones is 1. The van der Waals surface area contributed by atoms with E-state index in [0.29, 0.717) is 25.3 Å². The summed E-state index contributed by atoms with van der Waals surface area (Å²) in [7, 11) is 0. The van der Waals surface area contributed by atoms with Crippen LogP contribution in [-0.4, -0.2) is 39.3 Å². The fourth-order valence-corrected chi connectivity index (χ4v) is 6.93. The number of Topliss-reactive ketones (excluding diaryl/α,β-unsaturated/α-hetero) is 1. The molecule has 2 aromatic heterocycles. The van der Waals surface area contributed by atoms with Gasteiger partial charge >= 0.3 is 5.97 Å². The first-order valence-electron chi connectivity index (χ1n) is 12.0. The summed E-state index contributed by atoms with van der Waals surface area (Å²) in [6.07, 6.45) is 2.92. The summed E-state index contributed by atoms with van der Waals surface area (Å²) in [5.74, 6) is -0.269. The number of thiazole rings is 2. The maximum absolute atomic E-state index is 13.4. The van der Waals surface area contributed by atoms with Crippen LogP contribution in [0.3, 0.4) is 0 Å². The lowest BCUT2D eigenvalue weighted by molar-refractivity contribution is 0.0519. The van der Waals surface area contributed by atoms with Crippen LogP contribution in [0.1, 0.15) is 55.2 Å². The zero-order valence-electron chi connectivity index (χ0n) is 20.0. The van der Waals surface area contributed by atoms with Crippen molar-refractivity contribution in [2.24, 2.45) is 0 Å². The van der Waals surface area contributed by atoms with E-state index in [4.69, 9.17) is 9.72 Å². The molecule has 6 nitrogen and oxygen atoms in total. The first-order valence-corrected chi connectivity index (χ1v) is 15.2. The van der Waals surface area contributed by atoms with Gasteiger partial charge in [0.15, 0.2) is 16.6 Å². The van der Waals surface area contributed by atoms with Gasteiger partial charge in [0, 0.05) is 23.5 Å². The zero-order chi connectivity index (χ0) is 25.1. The van der Waals surface area contributed by atoms with Crippen LogP contribution in [0.4, 0.5) is 5.13 Å². The molecule has 4 aromatic rings. The van der Waals surface area contributed by atoms with Gasteiger partial charge < -0.3 is 9.64 Å². The molecule has 1 aliphatic heterocycles. The number of hydrogen-bond donors (Lipinski definition) is 0. The van der Waals surface area contributed by atoms with Gasteiger partial charge in [0.25, 0.3) is 0 Å². The third-order valence-corrected chi connectivity index (χ3v) is 9.16. The number of rotatable bonds is 9. The van der Waals surface area contributed by atoms with Crippen LogP contribution < -0.4 is 4.90 Å². The predicted molar refractivity (Wildman–Crippen MR) is 154 cm³/mol. The summed E-state index contributed by atoms with van der Waals surface area (Å²) < 4.78 is 7.39. The highest BCUT2D eigenvalue weighted by Gasteiger charge is 2.27. The quantitative estimate of drug-likeness (QED) is 0.0937. The number of nitrogens with zero attached hydrogens (tertiary/aromatic N) is 3. The van der Waals surface area contributed by atoms with Crippen molar-refractivity contribution in [3.05, 3.63) is 74.7 Å². The number of ether oxygens (including phenoxy) is 1. The number of halogens is 1. The minimum Gasteiger partial charge on any atom is -0.461 e. The topological polar surface area (TPSA) is 72.4 Å².